The second kappa shape index (κ2) is 8.06. The van der Waals surface area contributed by atoms with Crippen molar-refractivity contribution in [2.75, 3.05) is 6.54 Å². The van der Waals surface area contributed by atoms with E-state index in [1.54, 1.807) is 36.4 Å². The molecular formula is C24H19F2NO3. The van der Waals surface area contributed by atoms with Gasteiger partial charge in [0.15, 0.2) is 11.6 Å². The van der Waals surface area contributed by atoms with Crippen molar-refractivity contribution in [1.29, 1.82) is 0 Å². The maximum Gasteiger partial charge on any atom is 0.261 e. The zero-order valence-electron chi connectivity index (χ0n) is 16.3. The molecule has 1 aliphatic rings. The van der Waals surface area contributed by atoms with Gasteiger partial charge in [-0.3, -0.25) is 14.5 Å². The van der Waals surface area contributed by atoms with Gasteiger partial charge in [-0.15, -0.1) is 0 Å². The fourth-order valence-corrected chi connectivity index (χ4v) is 3.48. The molecule has 3 aromatic rings. The molecule has 0 saturated heterocycles. The van der Waals surface area contributed by atoms with Gasteiger partial charge in [-0.25, -0.2) is 8.78 Å². The van der Waals surface area contributed by atoms with Crippen molar-refractivity contribution in [3.63, 3.8) is 0 Å². The summed E-state index contributed by atoms with van der Waals surface area (Å²) < 4.78 is 32.2. The molecule has 0 fully saturated rings. The number of amides is 2. The molecule has 0 bridgehead atoms. The van der Waals surface area contributed by atoms with E-state index in [-0.39, 0.29) is 23.5 Å². The Morgan fingerprint density at radius 2 is 1.53 bits per heavy atom. The molecule has 1 aliphatic heterocycles. The molecule has 2 amide bonds. The molecule has 1 unspecified atom stereocenters. The highest BCUT2D eigenvalue weighted by atomic mass is 19.1. The molecule has 0 radical (unpaired) electrons. The Morgan fingerprint density at radius 3 is 2.13 bits per heavy atom. The third-order valence-electron chi connectivity index (χ3n) is 5.23. The number of nitrogens with zero attached hydrogens (tertiary/aromatic N) is 1. The van der Waals surface area contributed by atoms with Crippen molar-refractivity contribution in [3.05, 3.63) is 95.1 Å². The Labute approximate surface area is 172 Å². The Kier molecular flexibility index (Phi) is 5.31. The van der Waals surface area contributed by atoms with Gasteiger partial charge in [-0.1, -0.05) is 31.2 Å². The molecule has 4 nitrogen and oxygen atoms in total. The smallest absolute Gasteiger partial charge is 0.261 e. The first kappa shape index (κ1) is 19.8. The predicted octanol–water partition coefficient (Wildman–Crippen LogP) is 5.55. The van der Waals surface area contributed by atoms with Crippen molar-refractivity contribution < 1.29 is 23.1 Å². The molecule has 0 saturated carbocycles. The lowest BCUT2D eigenvalue weighted by molar-refractivity contribution is 0.0650. The minimum absolute atomic E-state index is 0.0529. The Morgan fingerprint density at radius 1 is 0.900 bits per heavy atom. The lowest BCUT2D eigenvalue weighted by atomic mass is 9.97. The summed E-state index contributed by atoms with van der Waals surface area (Å²) in [6.45, 7) is 2.33. The summed E-state index contributed by atoms with van der Waals surface area (Å²) in [6.07, 6.45) is 0.609. The molecule has 4 rings (SSSR count). The molecule has 0 aliphatic carbocycles. The standard InChI is InChI=1S/C24H19F2NO3/c1-15(12-13-27-23(28)19-4-2-3-5-20(19)24(27)29)16-6-9-18(10-7-16)30-22-11-8-17(25)14-21(22)26/h2-11,14-15H,12-13H2,1H3. The van der Waals surface area contributed by atoms with Crippen LogP contribution in [0.5, 0.6) is 11.5 Å². The number of carbonyl (C=O) groups is 2. The molecule has 0 N–H and O–H groups in total. The molecule has 1 heterocycles. The second-order valence-corrected chi connectivity index (χ2v) is 7.24. The third-order valence-corrected chi connectivity index (χ3v) is 5.23. The van der Waals surface area contributed by atoms with Crippen LogP contribution in [0, 0.1) is 11.6 Å². The van der Waals surface area contributed by atoms with Crippen LogP contribution in [0.15, 0.2) is 66.7 Å². The average molecular weight is 407 g/mol. The number of hydrogen-bond acceptors (Lipinski definition) is 3. The van der Waals surface area contributed by atoms with Crippen LogP contribution in [0.25, 0.3) is 0 Å². The maximum atomic E-state index is 13.7. The number of halogens is 2. The van der Waals surface area contributed by atoms with E-state index in [2.05, 4.69) is 0 Å². The fourth-order valence-electron chi connectivity index (χ4n) is 3.48. The van der Waals surface area contributed by atoms with Crippen LogP contribution in [0.2, 0.25) is 0 Å². The van der Waals surface area contributed by atoms with E-state index in [1.807, 2.05) is 19.1 Å². The summed E-state index contributed by atoms with van der Waals surface area (Å²) in [5.41, 5.74) is 1.90. The lowest BCUT2D eigenvalue weighted by Crippen LogP contribution is -2.31. The number of carbonyl (C=O) groups excluding carboxylic acids is 2. The molecule has 30 heavy (non-hydrogen) atoms. The number of benzene rings is 3. The van der Waals surface area contributed by atoms with Gasteiger partial charge in [0, 0.05) is 12.6 Å². The lowest BCUT2D eigenvalue weighted by Gasteiger charge is -2.18. The van der Waals surface area contributed by atoms with Gasteiger partial charge in [0.1, 0.15) is 11.6 Å². The largest absolute Gasteiger partial charge is 0.454 e. The Bertz CT molecular complexity index is 1080. The first-order valence-electron chi connectivity index (χ1n) is 9.62. The SMILES string of the molecule is CC(CCN1C(=O)c2ccccc2C1=O)c1ccc(Oc2ccc(F)cc2F)cc1. The van der Waals surface area contributed by atoms with Crippen molar-refractivity contribution in [2.45, 2.75) is 19.3 Å². The molecule has 3 aromatic carbocycles. The third kappa shape index (κ3) is 3.81. The van der Waals surface area contributed by atoms with E-state index in [0.717, 1.165) is 17.7 Å². The van der Waals surface area contributed by atoms with Gasteiger partial charge in [-0.2, -0.15) is 0 Å². The summed E-state index contributed by atoms with van der Waals surface area (Å²) in [6, 6.07) is 17.1. The quantitative estimate of drug-likeness (QED) is 0.504. The van der Waals surface area contributed by atoms with Crippen molar-refractivity contribution in [3.8, 4) is 11.5 Å². The van der Waals surface area contributed by atoms with E-state index in [9.17, 15) is 18.4 Å². The monoisotopic (exact) mass is 407 g/mol. The number of imide groups is 1. The summed E-state index contributed by atoms with van der Waals surface area (Å²) in [4.78, 5) is 26.2. The van der Waals surface area contributed by atoms with Crippen molar-refractivity contribution >= 4 is 11.8 Å². The van der Waals surface area contributed by atoms with Gasteiger partial charge >= 0.3 is 0 Å². The highest BCUT2D eigenvalue weighted by Gasteiger charge is 2.34. The van der Waals surface area contributed by atoms with Crippen LogP contribution in [-0.4, -0.2) is 23.3 Å². The van der Waals surface area contributed by atoms with Crippen LogP contribution >= 0.6 is 0 Å². The fraction of sp³-hybridized carbons (Fsp3) is 0.167. The maximum absolute atomic E-state index is 13.7. The normalized spacial score (nSPS) is 14.0. The number of rotatable bonds is 6. The molecule has 6 heteroatoms. The van der Waals surface area contributed by atoms with Crippen molar-refractivity contribution in [1.82, 2.24) is 4.90 Å². The highest BCUT2D eigenvalue weighted by Crippen LogP contribution is 2.29. The summed E-state index contributed by atoms with van der Waals surface area (Å²) in [5, 5.41) is 0. The van der Waals surface area contributed by atoms with Crippen LogP contribution in [-0.2, 0) is 0 Å². The first-order chi connectivity index (χ1) is 14.4. The Balaban J connectivity index is 1.38. The van der Waals surface area contributed by atoms with Gasteiger partial charge < -0.3 is 4.74 Å². The van der Waals surface area contributed by atoms with Crippen molar-refractivity contribution in [2.24, 2.45) is 0 Å². The Hall–Kier alpha value is -3.54. The first-order valence-corrected chi connectivity index (χ1v) is 9.62. The minimum atomic E-state index is -0.770. The van der Waals surface area contributed by atoms with Crippen LogP contribution in [0.4, 0.5) is 8.78 Å². The average Bonchev–Trinajstić information content (AvgIpc) is 2.99. The van der Waals surface area contributed by atoms with Crippen LogP contribution < -0.4 is 4.74 Å². The number of fused-ring (bicyclic) bond motifs is 1. The summed E-state index contributed by atoms with van der Waals surface area (Å²) >= 11 is 0. The van der Waals surface area contributed by atoms with E-state index >= 15 is 0 Å². The minimum Gasteiger partial charge on any atom is -0.454 e. The second-order valence-electron chi connectivity index (χ2n) is 7.24. The molecule has 0 spiro atoms. The van der Waals surface area contributed by atoms with Gasteiger partial charge in [0.05, 0.1) is 11.1 Å². The van der Waals surface area contributed by atoms with Crippen LogP contribution in [0.1, 0.15) is 45.5 Å². The number of ether oxygens (including phenoxy) is 1. The molecular weight excluding hydrogens is 388 g/mol. The van der Waals surface area contributed by atoms with E-state index < -0.39 is 11.6 Å². The predicted molar refractivity (Wildman–Crippen MR) is 108 cm³/mol. The molecule has 0 aromatic heterocycles. The van der Waals surface area contributed by atoms with E-state index in [0.29, 0.717) is 29.8 Å². The van der Waals surface area contributed by atoms with E-state index in [4.69, 9.17) is 4.74 Å². The van der Waals surface area contributed by atoms with Crippen LogP contribution in [0.3, 0.4) is 0 Å². The molecule has 152 valence electrons. The van der Waals surface area contributed by atoms with E-state index in [1.165, 1.54) is 11.0 Å². The molecule has 1 atom stereocenters. The number of hydrogen-bond donors (Lipinski definition) is 0. The zero-order chi connectivity index (χ0) is 21.3. The highest BCUT2D eigenvalue weighted by molar-refractivity contribution is 6.21. The summed E-state index contributed by atoms with van der Waals surface area (Å²) in [5.74, 6) is -1.48. The van der Waals surface area contributed by atoms with Gasteiger partial charge in [-0.05, 0) is 54.3 Å². The topological polar surface area (TPSA) is 46.6 Å². The summed E-state index contributed by atoms with van der Waals surface area (Å²) in [7, 11) is 0. The van der Waals surface area contributed by atoms with Gasteiger partial charge in [0.2, 0.25) is 0 Å². The van der Waals surface area contributed by atoms with Gasteiger partial charge in [0.25, 0.3) is 11.8 Å². The zero-order valence-corrected chi connectivity index (χ0v) is 16.3.